The van der Waals surface area contributed by atoms with Gasteiger partial charge in [0.15, 0.2) is 0 Å². The minimum atomic E-state index is -0.702. The van der Waals surface area contributed by atoms with Crippen LogP contribution >= 0.6 is 0 Å². The molecule has 0 radical (unpaired) electrons. The molecule has 45 heavy (non-hydrogen) atoms. The van der Waals surface area contributed by atoms with Crippen molar-refractivity contribution < 1.29 is 12.3 Å². The SMILES string of the molecule is [2H]c1c([2H])c([2H])c(N2c3cccc4c3B(c3cc(-c5ccccc5)ccc3N4c3ccc(-c4ccccc4)cc3)c3c([2H])c([2H])c([2H])c([2H])c32)c([2H])c1[2H]. The van der Waals surface area contributed by atoms with Crippen LogP contribution in [0.1, 0.15) is 12.3 Å². The summed E-state index contributed by atoms with van der Waals surface area (Å²) in [7, 11) is 0. The molecule has 2 aliphatic rings. The summed E-state index contributed by atoms with van der Waals surface area (Å²) < 4.78 is 79.8. The first-order valence-electron chi connectivity index (χ1n) is 19.3. The fourth-order valence-electron chi connectivity index (χ4n) is 6.73. The Kier molecular flexibility index (Phi) is 4.20. The lowest BCUT2D eigenvalue weighted by Crippen LogP contribution is -2.61. The Balaban J connectivity index is 1.39. The largest absolute Gasteiger partial charge is 0.311 e. The van der Waals surface area contributed by atoms with Crippen molar-refractivity contribution in [2.45, 2.75) is 0 Å². The molecule has 0 atom stereocenters. The minimum absolute atomic E-state index is 0.0471. The zero-order chi connectivity index (χ0) is 37.6. The van der Waals surface area contributed by atoms with Gasteiger partial charge in [0.1, 0.15) is 0 Å². The van der Waals surface area contributed by atoms with E-state index in [9.17, 15) is 2.74 Å². The van der Waals surface area contributed by atoms with Crippen molar-refractivity contribution in [1.82, 2.24) is 0 Å². The summed E-state index contributed by atoms with van der Waals surface area (Å²) in [5.41, 5.74) is 8.49. The van der Waals surface area contributed by atoms with Gasteiger partial charge in [0.25, 0.3) is 6.71 Å². The molecule has 0 amide bonds. The summed E-state index contributed by atoms with van der Waals surface area (Å²) in [6.07, 6.45) is 0. The Hall–Kier alpha value is -5.80. The van der Waals surface area contributed by atoms with Crippen LogP contribution in [0, 0.1) is 0 Å². The lowest BCUT2D eigenvalue weighted by Gasteiger charge is -2.44. The number of anilines is 6. The Morgan fingerprint density at radius 2 is 0.978 bits per heavy atom. The highest BCUT2D eigenvalue weighted by Gasteiger charge is 2.43. The molecule has 0 aliphatic carbocycles. The molecular formula is C42H29BN2. The van der Waals surface area contributed by atoms with Crippen LogP contribution in [0.2, 0.25) is 0 Å². The zero-order valence-corrected chi connectivity index (χ0v) is 24.0. The van der Waals surface area contributed by atoms with Gasteiger partial charge in [-0.2, -0.15) is 0 Å². The average molecular weight is 582 g/mol. The number of nitrogens with zero attached hydrogens (tertiary/aromatic N) is 2. The summed E-state index contributed by atoms with van der Waals surface area (Å²) in [6.45, 7) is -0.702. The molecule has 0 unspecified atom stereocenters. The van der Waals surface area contributed by atoms with E-state index in [-0.39, 0.29) is 28.9 Å². The first-order valence-corrected chi connectivity index (χ1v) is 14.8. The highest BCUT2D eigenvalue weighted by atomic mass is 15.2. The summed E-state index contributed by atoms with van der Waals surface area (Å²) in [5, 5.41) is 0. The Bertz CT molecular complexity index is 2640. The van der Waals surface area contributed by atoms with Gasteiger partial charge < -0.3 is 9.80 Å². The van der Waals surface area contributed by atoms with Crippen LogP contribution in [0.25, 0.3) is 22.3 Å². The fourth-order valence-corrected chi connectivity index (χ4v) is 6.73. The van der Waals surface area contributed by atoms with E-state index in [1.54, 1.807) is 6.07 Å². The lowest BCUT2D eigenvalue weighted by molar-refractivity contribution is 1.25. The van der Waals surface area contributed by atoms with E-state index < -0.39 is 49.0 Å². The molecule has 2 aliphatic heterocycles. The maximum atomic E-state index is 9.41. The molecule has 210 valence electrons. The molecule has 0 bridgehead atoms. The Labute approximate surface area is 277 Å². The van der Waals surface area contributed by atoms with Gasteiger partial charge in [-0.15, -0.1) is 0 Å². The van der Waals surface area contributed by atoms with Crippen molar-refractivity contribution in [2.24, 2.45) is 0 Å². The monoisotopic (exact) mass is 581 g/mol. The van der Waals surface area contributed by atoms with Gasteiger partial charge in [0, 0.05) is 34.1 Å². The number of para-hydroxylation sites is 2. The highest BCUT2D eigenvalue weighted by Crippen LogP contribution is 2.44. The normalized spacial score (nSPS) is 15.6. The molecule has 3 heteroatoms. The first kappa shape index (κ1) is 18.1. The third-order valence-corrected chi connectivity index (χ3v) is 8.67. The van der Waals surface area contributed by atoms with E-state index in [4.69, 9.17) is 9.60 Å². The molecule has 0 N–H and O–H groups in total. The van der Waals surface area contributed by atoms with Crippen LogP contribution in [0.5, 0.6) is 0 Å². The molecule has 0 aromatic heterocycles. The topological polar surface area (TPSA) is 6.48 Å². The number of hydrogen-bond donors (Lipinski definition) is 0. The first-order chi connectivity index (χ1) is 26.1. The van der Waals surface area contributed by atoms with E-state index in [0.29, 0.717) is 11.2 Å². The minimum Gasteiger partial charge on any atom is -0.311 e. The van der Waals surface area contributed by atoms with E-state index in [2.05, 4.69) is 41.3 Å². The van der Waals surface area contributed by atoms with Gasteiger partial charge >= 0.3 is 0 Å². The average Bonchev–Trinajstić information content (AvgIpc) is 3.21. The van der Waals surface area contributed by atoms with Gasteiger partial charge in [-0.05, 0) is 87.1 Å². The van der Waals surface area contributed by atoms with E-state index in [1.165, 1.54) is 4.90 Å². The predicted octanol–water partition coefficient (Wildman–Crippen LogP) is 9.10. The number of benzene rings is 7. The van der Waals surface area contributed by atoms with Crippen LogP contribution in [-0.4, -0.2) is 6.71 Å². The predicted molar refractivity (Wildman–Crippen MR) is 191 cm³/mol. The van der Waals surface area contributed by atoms with Gasteiger partial charge in [-0.1, -0.05) is 127 Å². The molecule has 7 aromatic carbocycles. The van der Waals surface area contributed by atoms with Crippen LogP contribution in [-0.2, 0) is 0 Å². The van der Waals surface area contributed by atoms with E-state index >= 15 is 0 Å². The maximum absolute atomic E-state index is 9.41. The molecule has 0 saturated heterocycles. The summed E-state index contributed by atoms with van der Waals surface area (Å²) >= 11 is 0. The second-order valence-corrected chi connectivity index (χ2v) is 11.1. The van der Waals surface area contributed by atoms with E-state index in [0.717, 1.165) is 44.8 Å². The fraction of sp³-hybridized carbons (Fsp3) is 0. The smallest absolute Gasteiger partial charge is 0.252 e. The highest BCUT2D eigenvalue weighted by molar-refractivity contribution is 7.00. The third kappa shape index (κ3) is 4.12. The molecule has 7 aromatic rings. The van der Waals surface area contributed by atoms with Crippen LogP contribution in [0.3, 0.4) is 0 Å². The van der Waals surface area contributed by atoms with E-state index in [1.807, 2.05) is 78.9 Å². The molecule has 0 saturated carbocycles. The van der Waals surface area contributed by atoms with Gasteiger partial charge in [0.2, 0.25) is 0 Å². The lowest BCUT2D eigenvalue weighted by atomic mass is 9.33. The van der Waals surface area contributed by atoms with Crippen LogP contribution in [0.15, 0.2) is 176 Å². The standard InChI is InChI=1S/C42H29BN2/c1-4-13-30(14-5-1)32-23-26-35(27-24-32)45-39-28-25-33(31-15-6-2-7-16-31)29-37(39)43-36-19-10-11-20-38(36)44(34-17-8-3-9-18-34)40-21-12-22-41(45)42(40)43/h1-29H/i3D,8D,9D,10D,11D,17D,18D,19D,20D. The molecule has 0 spiro atoms. The zero-order valence-electron chi connectivity index (χ0n) is 33.0. The molecule has 9 rings (SSSR count). The Morgan fingerprint density at radius 3 is 1.69 bits per heavy atom. The maximum Gasteiger partial charge on any atom is 0.252 e. The van der Waals surface area contributed by atoms with Crippen molar-refractivity contribution in [1.29, 1.82) is 0 Å². The molecule has 0 fully saturated rings. The van der Waals surface area contributed by atoms with Crippen molar-refractivity contribution in [3.63, 3.8) is 0 Å². The summed E-state index contributed by atoms with van der Waals surface area (Å²) in [4.78, 5) is 3.58. The van der Waals surface area contributed by atoms with Crippen molar-refractivity contribution in [3.05, 3.63) is 176 Å². The van der Waals surface area contributed by atoms with Gasteiger partial charge in [-0.3, -0.25) is 0 Å². The second kappa shape index (κ2) is 10.4. The third-order valence-electron chi connectivity index (χ3n) is 8.67. The summed E-state index contributed by atoms with van der Waals surface area (Å²) in [6, 6.07) is 35.9. The van der Waals surface area contributed by atoms with Crippen molar-refractivity contribution in [2.75, 3.05) is 9.80 Å². The number of rotatable bonds is 4. The molecule has 2 nitrogen and oxygen atoms in total. The van der Waals surface area contributed by atoms with Crippen LogP contribution in [0.4, 0.5) is 34.1 Å². The molecule has 2 heterocycles. The number of hydrogen-bond acceptors (Lipinski definition) is 2. The van der Waals surface area contributed by atoms with Crippen molar-refractivity contribution >= 4 is 57.2 Å². The second-order valence-electron chi connectivity index (χ2n) is 11.1. The Morgan fingerprint density at radius 1 is 0.400 bits per heavy atom. The van der Waals surface area contributed by atoms with Crippen molar-refractivity contribution in [3.8, 4) is 22.3 Å². The summed E-state index contributed by atoms with van der Waals surface area (Å²) in [5.74, 6) is 0. The quantitative estimate of drug-likeness (QED) is 0.191. The number of fused-ring (bicyclic) bond motifs is 4. The van der Waals surface area contributed by atoms with Gasteiger partial charge in [0.05, 0.1) is 12.3 Å². The molecular weight excluding hydrogens is 543 g/mol. The van der Waals surface area contributed by atoms with Gasteiger partial charge in [-0.25, -0.2) is 0 Å². The van der Waals surface area contributed by atoms with Crippen LogP contribution < -0.4 is 26.2 Å².